The quantitative estimate of drug-likeness (QED) is 0.533. The highest BCUT2D eigenvalue weighted by atomic mass is 19.3. The van der Waals surface area contributed by atoms with Crippen molar-refractivity contribution in [3.05, 3.63) is 22.5 Å². The van der Waals surface area contributed by atoms with Crippen molar-refractivity contribution in [1.82, 2.24) is 14.9 Å². The van der Waals surface area contributed by atoms with Crippen LogP contribution in [0.1, 0.15) is 0 Å². The summed E-state index contributed by atoms with van der Waals surface area (Å²) >= 11 is 0. The van der Waals surface area contributed by atoms with E-state index >= 15 is 0 Å². The molecule has 1 rings (SSSR count). The minimum atomic E-state index is -3.83. The number of nitrogens with zero attached hydrogens (tertiary/aromatic N) is 3. The zero-order chi connectivity index (χ0) is 13.8. The van der Waals surface area contributed by atoms with Gasteiger partial charge in [0.05, 0.1) is 6.61 Å². The van der Waals surface area contributed by atoms with Crippen molar-refractivity contribution < 1.29 is 23.6 Å². The summed E-state index contributed by atoms with van der Waals surface area (Å²) in [7, 11) is 0. The number of hydrogen-bond acceptors (Lipinski definition) is 5. The molecule has 0 unspecified atom stereocenters. The van der Waals surface area contributed by atoms with Gasteiger partial charge in [-0.25, -0.2) is 4.57 Å². The molecule has 0 aliphatic heterocycles. The van der Waals surface area contributed by atoms with Crippen LogP contribution in [0.2, 0.25) is 0 Å². The Kier molecular flexibility index (Phi) is 4.26. The Morgan fingerprint density at radius 2 is 2.33 bits per heavy atom. The summed E-state index contributed by atoms with van der Waals surface area (Å²) in [6.45, 7) is -1.99. The van der Waals surface area contributed by atoms with Crippen molar-refractivity contribution in [1.29, 1.82) is 0 Å². The van der Waals surface area contributed by atoms with Crippen molar-refractivity contribution >= 4 is 11.9 Å². The molecule has 1 aromatic rings. The monoisotopic (exact) mass is 264 g/mol. The van der Waals surface area contributed by atoms with Gasteiger partial charge in [-0.3, -0.25) is 4.79 Å². The maximum Gasteiger partial charge on any atom is 0.434 e. The van der Waals surface area contributed by atoms with Gasteiger partial charge >= 0.3 is 11.9 Å². The Bertz CT molecular complexity index is 448. The summed E-state index contributed by atoms with van der Waals surface area (Å²) in [4.78, 5) is 23.9. The van der Waals surface area contributed by atoms with Gasteiger partial charge in [0.15, 0.2) is 0 Å². The fourth-order valence-corrected chi connectivity index (χ4v) is 1.18. The van der Waals surface area contributed by atoms with E-state index in [0.717, 1.165) is 12.4 Å². The number of nitrogens with one attached hydrogen (secondary N) is 1. The number of aliphatic hydroxyl groups excluding tert-OH is 1. The standard InChI is InChI=1S/C8H10F2N4O4/c9-8(10,6(16)11-2-4-15)5-13-3-1-12-7(13)14(17)18/h1,3,15H,2,4-5H2,(H,11,16). The summed E-state index contributed by atoms with van der Waals surface area (Å²) in [6.07, 6.45) is 1.96. The molecular weight excluding hydrogens is 254 g/mol. The first-order valence-electron chi connectivity index (χ1n) is 4.81. The van der Waals surface area contributed by atoms with Crippen LogP contribution in [0.5, 0.6) is 0 Å². The minimum Gasteiger partial charge on any atom is -0.395 e. The van der Waals surface area contributed by atoms with Gasteiger partial charge in [-0.1, -0.05) is 4.98 Å². The summed E-state index contributed by atoms with van der Waals surface area (Å²) in [5.74, 6) is -6.22. The van der Waals surface area contributed by atoms with Crippen molar-refractivity contribution in [3.63, 3.8) is 0 Å². The first-order chi connectivity index (χ1) is 8.38. The van der Waals surface area contributed by atoms with Crippen LogP contribution in [0, 0.1) is 10.1 Å². The second kappa shape index (κ2) is 5.49. The maximum atomic E-state index is 13.4. The average molecular weight is 264 g/mol. The highest BCUT2D eigenvalue weighted by molar-refractivity contribution is 5.83. The molecule has 10 heteroatoms. The van der Waals surface area contributed by atoms with Crippen LogP contribution < -0.4 is 5.32 Å². The second-order valence-electron chi connectivity index (χ2n) is 3.30. The highest BCUT2D eigenvalue weighted by Gasteiger charge is 2.41. The minimum absolute atomic E-state index is 0.319. The molecule has 0 aliphatic carbocycles. The van der Waals surface area contributed by atoms with E-state index in [9.17, 15) is 23.7 Å². The molecule has 0 spiro atoms. The number of amides is 1. The Balaban J connectivity index is 2.78. The van der Waals surface area contributed by atoms with Gasteiger partial charge in [0, 0.05) is 6.54 Å². The topological polar surface area (TPSA) is 110 Å². The lowest BCUT2D eigenvalue weighted by molar-refractivity contribution is -0.397. The van der Waals surface area contributed by atoms with E-state index in [1.54, 1.807) is 5.32 Å². The molecule has 0 radical (unpaired) electrons. The summed E-state index contributed by atoms with van der Waals surface area (Å²) in [5.41, 5.74) is 0. The average Bonchev–Trinajstić information content (AvgIpc) is 2.73. The van der Waals surface area contributed by atoms with Crippen molar-refractivity contribution in [3.8, 4) is 0 Å². The van der Waals surface area contributed by atoms with Gasteiger partial charge in [0.1, 0.15) is 18.9 Å². The lowest BCUT2D eigenvalue weighted by Gasteiger charge is -2.14. The van der Waals surface area contributed by atoms with Crippen LogP contribution in [0.15, 0.2) is 12.4 Å². The molecule has 0 atom stereocenters. The Labute approximate surface area is 99.4 Å². The smallest absolute Gasteiger partial charge is 0.395 e. The number of carbonyl (C=O) groups excluding carboxylic acids is 1. The lowest BCUT2D eigenvalue weighted by Crippen LogP contribution is -2.44. The summed E-state index contributed by atoms with van der Waals surface area (Å²) < 4.78 is 27.3. The van der Waals surface area contributed by atoms with Gasteiger partial charge in [-0.2, -0.15) is 8.78 Å². The number of alkyl halides is 2. The molecule has 1 heterocycles. The van der Waals surface area contributed by atoms with Crippen LogP contribution >= 0.6 is 0 Å². The number of aromatic nitrogens is 2. The van der Waals surface area contributed by atoms with Crippen LogP contribution in [0.4, 0.5) is 14.7 Å². The van der Waals surface area contributed by atoms with Gasteiger partial charge in [-0.15, -0.1) is 0 Å². The molecular formula is C8H10F2N4O4. The van der Waals surface area contributed by atoms with Crippen molar-refractivity contribution in [2.75, 3.05) is 13.2 Å². The zero-order valence-corrected chi connectivity index (χ0v) is 9.05. The van der Waals surface area contributed by atoms with E-state index in [1.165, 1.54) is 0 Å². The summed E-state index contributed by atoms with van der Waals surface area (Å²) in [5, 5.41) is 20.6. The molecule has 1 amide bonds. The van der Waals surface area contributed by atoms with Crippen LogP contribution in [-0.2, 0) is 11.3 Å². The number of aliphatic hydroxyl groups is 1. The molecule has 8 nitrogen and oxygen atoms in total. The van der Waals surface area contributed by atoms with Crippen LogP contribution in [0.3, 0.4) is 0 Å². The number of carbonyl (C=O) groups is 1. The van der Waals surface area contributed by atoms with Gasteiger partial charge in [-0.05, 0) is 4.92 Å². The van der Waals surface area contributed by atoms with Gasteiger partial charge < -0.3 is 20.5 Å². The van der Waals surface area contributed by atoms with Crippen LogP contribution in [0.25, 0.3) is 0 Å². The third-order valence-corrected chi connectivity index (χ3v) is 1.96. The van der Waals surface area contributed by atoms with Crippen molar-refractivity contribution in [2.45, 2.75) is 12.5 Å². The van der Waals surface area contributed by atoms with E-state index in [-0.39, 0.29) is 6.54 Å². The largest absolute Gasteiger partial charge is 0.434 e. The molecule has 0 aliphatic rings. The number of rotatable bonds is 6. The van der Waals surface area contributed by atoms with Gasteiger partial charge in [0.2, 0.25) is 0 Å². The molecule has 0 fully saturated rings. The van der Waals surface area contributed by atoms with E-state index in [1.807, 2.05) is 0 Å². The van der Waals surface area contributed by atoms with E-state index in [0.29, 0.717) is 4.57 Å². The molecule has 0 saturated heterocycles. The van der Waals surface area contributed by atoms with E-state index in [2.05, 4.69) is 4.98 Å². The molecule has 1 aromatic heterocycles. The molecule has 0 aromatic carbocycles. The molecule has 2 N–H and O–H groups in total. The maximum absolute atomic E-state index is 13.4. The molecule has 0 saturated carbocycles. The first-order valence-corrected chi connectivity index (χ1v) is 4.81. The third-order valence-electron chi connectivity index (χ3n) is 1.96. The number of imidazole rings is 1. The first kappa shape index (κ1) is 14.0. The van der Waals surface area contributed by atoms with Crippen molar-refractivity contribution in [2.24, 2.45) is 0 Å². The predicted molar refractivity (Wildman–Crippen MR) is 53.9 cm³/mol. The fourth-order valence-electron chi connectivity index (χ4n) is 1.18. The Morgan fingerprint density at radius 3 is 2.89 bits per heavy atom. The Morgan fingerprint density at radius 1 is 1.67 bits per heavy atom. The number of halogens is 2. The summed E-state index contributed by atoms with van der Waals surface area (Å²) in [6, 6.07) is 0. The van der Waals surface area contributed by atoms with E-state index < -0.39 is 35.9 Å². The van der Waals surface area contributed by atoms with E-state index in [4.69, 9.17) is 5.11 Å². The highest BCUT2D eigenvalue weighted by Crippen LogP contribution is 2.19. The fraction of sp³-hybridized carbons (Fsp3) is 0.500. The predicted octanol–water partition coefficient (Wildman–Crippen LogP) is -0.465. The zero-order valence-electron chi connectivity index (χ0n) is 9.05. The molecule has 18 heavy (non-hydrogen) atoms. The lowest BCUT2D eigenvalue weighted by atomic mass is 10.3. The molecule has 0 bridgehead atoms. The van der Waals surface area contributed by atoms with Crippen LogP contribution in [-0.4, -0.2) is 44.6 Å². The third kappa shape index (κ3) is 3.20. The number of nitro groups is 1. The normalized spacial score (nSPS) is 11.3. The second-order valence-corrected chi connectivity index (χ2v) is 3.30. The molecule has 100 valence electrons. The number of hydrogen-bond donors (Lipinski definition) is 2. The van der Waals surface area contributed by atoms with Gasteiger partial charge in [0.25, 0.3) is 5.91 Å². The Hall–Kier alpha value is -2.10. The SMILES string of the molecule is O=C(NCCO)C(F)(F)Cn1ccnc1[N+](=O)[O-].